The molecule has 3 rings (SSSR count). The normalized spacial score (nSPS) is 15.7. The Morgan fingerprint density at radius 2 is 1.87 bits per heavy atom. The number of benzene rings is 1. The van der Waals surface area contributed by atoms with Gasteiger partial charge in [0.15, 0.2) is 15.8 Å². The first-order chi connectivity index (χ1) is 14.0. The molecule has 1 aliphatic rings. The highest BCUT2D eigenvalue weighted by Crippen LogP contribution is 2.11. The standard InChI is InChI=1S/C20H29N5O3S.HI/c1-3-21-20(22-10-8-17-4-6-19(7-5-17)29(2,26)27)25-13-11-24(12-14-25)16-18-9-15-28-23-18;/h4-7,9,15H,3,8,10-14,16H2,1-2H3,(H,21,22);1H. The third-order valence-corrected chi connectivity index (χ3v) is 6.03. The zero-order valence-electron chi connectivity index (χ0n) is 17.5. The Morgan fingerprint density at radius 3 is 2.43 bits per heavy atom. The number of nitrogens with one attached hydrogen (secondary N) is 1. The lowest BCUT2D eigenvalue weighted by Gasteiger charge is -2.36. The van der Waals surface area contributed by atoms with Crippen LogP contribution >= 0.6 is 24.0 Å². The van der Waals surface area contributed by atoms with Gasteiger partial charge in [0.2, 0.25) is 0 Å². The predicted molar refractivity (Wildman–Crippen MR) is 128 cm³/mol. The van der Waals surface area contributed by atoms with Gasteiger partial charge in [-0.25, -0.2) is 8.42 Å². The van der Waals surface area contributed by atoms with Crippen molar-refractivity contribution in [3.05, 3.63) is 47.9 Å². The number of rotatable bonds is 7. The summed E-state index contributed by atoms with van der Waals surface area (Å²) in [6.07, 6.45) is 3.60. The molecule has 0 atom stereocenters. The maximum absolute atomic E-state index is 11.6. The smallest absolute Gasteiger partial charge is 0.194 e. The van der Waals surface area contributed by atoms with E-state index in [0.29, 0.717) is 11.4 Å². The van der Waals surface area contributed by atoms with Gasteiger partial charge in [0.1, 0.15) is 6.26 Å². The van der Waals surface area contributed by atoms with E-state index >= 15 is 0 Å². The van der Waals surface area contributed by atoms with Gasteiger partial charge in [0.25, 0.3) is 0 Å². The molecule has 1 saturated heterocycles. The number of hydrogen-bond donors (Lipinski definition) is 1. The number of nitrogens with zero attached hydrogens (tertiary/aromatic N) is 4. The molecule has 1 aromatic heterocycles. The Balaban J connectivity index is 0.00000320. The molecule has 10 heteroatoms. The minimum atomic E-state index is -3.15. The summed E-state index contributed by atoms with van der Waals surface area (Å²) in [4.78, 5) is 9.77. The van der Waals surface area contributed by atoms with Crippen LogP contribution in [0.5, 0.6) is 0 Å². The lowest BCUT2D eigenvalue weighted by molar-refractivity contribution is 0.169. The maximum Gasteiger partial charge on any atom is 0.194 e. The number of guanidine groups is 1. The van der Waals surface area contributed by atoms with Crippen LogP contribution in [0.2, 0.25) is 0 Å². The number of halogens is 1. The highest BCUT2D eigenvalue weighted by Gasteiger charge is 2.20. The van der Waals surface area contributed by atoms with Crippen molar-refractivity contribution >= 4 is 39.8 Å². The van der Waals surface area contributed by atoms with Crippen LogP contribution in [-0.2, 0) is 22.8 Å². The highest BCUT2D eigenvalue weighted by atomic mass is 127. The van der Waals surface area contributed by atoms with Crippen molar-refractivity contribution in [2.45, 2.75) is 24.8 Å². The van der Waals surface area contributed by atoms with Crippen LogP contribution < -0.4 is 5.32 Å². The van der Waals surface area contributed by atoms with Crippen molar-refractivity contribution in [1.82, 2.24) is 20.3 Å². The number of aliphatic imine (C=N–C) groups is 1. The van der Waals surface area contributed by atoms with E-state index < -0.39 is 9.84 Å². The van der Waals surface area contributed by atoms with E-state index in [1.807, 2.05) is 18.2 Å². The molecule has 30 heavy (non-hydrogen) atoms. The fourth-order valence-electron chi connectivity index (χ4n) is 3.29. The van der Waals surface area contributed by atoms with Crippen LogP contribution in [0.4, 0.5) is 0 Å². The molecule has 1 aliphatic heterocycles. The first-order valence-corrected chi connectivity index (χ1v) is 11.8. The van der Waals surface area contributed by atoms with Crippen LogP contribution in [0, 0.1) is 0 Å². The van der Waals surface area contributed by atoms with Crippen LogP contribution in [-0.4, -0.2) is 74.9 Å². The molecule has 0 unspecified atom stereocenters. The van der Waals surface area contributed by atoms with E-state index in [-0.39, 0.29) is 24.0 Å². The fourth-order valence-corrected chi connectivity index (χ4v) is 3.92. The van der Waals surface area contributed by atoms with Gasteiger partial charge in [-0.2, -0.15) is 0 Å². The molecule has 2 aromatic rings. The van der Waals surface area contributed by atoms with Gasteiger partial charge in [0.05, 0.1) is 10.6 Å². The number of sulfone groups is 1. The number of piperazine rings is 1. The summed E-state index contributed by atoms with van der Waals surface area (Å²) in [5.74, 6) is 0.932. The molecule has 0 radical (unpaired) electrons. The molecule has 1 N–H and O–H groups in total. The van der Waals surface area contributed by atoms with Gasteiger partial charge < -0.3 is 14.7 Å². The average Bonchev–Trinajstić information content (AvgIpc) is 3.21. The van der Waals surface area contributed by atoms with Gasteiger partial charge in [-0.1, -0.05) is 17.3 Å². The second-order valence-corrected chi connectivity index (χ2v) is 9.17. The van der Waals surface area contributed by atoms with Crippen LogP contribution in [0.15, 0.2) is 51.0 Å². The molecule has 0 amide bonds. The highest BCUT2D eigenvalue weighted by molar-refractivity contribution is 14.0. The van der Waals surface area contributed by atoms with Crippen molar-refractivity contribution in [2.75, 3.05) is 45.5 Å². The summed E-state index contributed by atoms with van der Waals surface area (Å²) in [5.41, 5.74) is 2.04. The Kier molecular flexibility index (Phi) is 9.56. The summed E-state index contributed by atoms with van der Waals surface area (Å²) in [5, 5.41) is 7.36. The molecule has 2 heterocycles. The lowest BCUT2D eigenvalue weighted by Crippen LogP contribution is -2.52. The molecule has 0 bridgehead atoms. The Hall–Kier alpha value is -1.66. The summed E-state index contributed by atoms with van der Waals surface area (Å²) in [7, 11) is -3.15. The second-order valence-electron chi connectivity index (χ2n) is 7.16. The summed E-state index contributed by atoms with van der Waals surface area (Å²) < 4.78 is 28.0. The van der Waals surface area contributed by atoms with Crippen molar-refractivity contribution in [1.29, 1.82) is 0 Å². The number of hydrogen-bond acceptors (Lipinski definition) is 6. The van der Waals surface area contributed by atoms with Crippen molar-refractivity contribution in [3.63, 3.8) is 0 Å². The van der Waals surface area contributed by atoms with Gasteiger partial charge >= 0.3 is 0 Å². The minimum absolute atomic E-state index is 0. The first-order valence-electron chi connectivity index (χ1n) is 9.89. The number of aromatic nitrogens is 1. The first kappa shape index (κ1) is 24.6. The van der Waals surface area contributed by atoms with Crippen LogP contribution in [0.25, 0.3) is 0 Å². The molecule has 166 valence electrons. The van der Waals surface area contributed by atoms with Gasteiger partial charge in [0, 0.05) is 58.1 Å². The largest absolute Gasteiger partial charge is 0.364 e. The van der Waals surface area contributed by atoms with Crippen LogP contribution in [0.3, 0.4) is 0 Å². The monoisotopic (exact) mass is 547 g/mol. The minimum Gasteiger partial charge on any atom is -0.364 e. The molecular weight excluding hydrogens is 517 g/mol. The average molecular weight is 547 g/mol. The zero-order chi connectivity index (χ0) is 20.7. The molecule has 0 spiro atoms. The van der Waals surface area contributed by atoms with E-state index in [2.05, 4.69) is 27.2 Å². The van der Waals surface area contributed by atoms with Gasteiger partial charge in [-0.3, -0.25) is 9.89 Å². The maximum atomic E-state index is 11.6. The Morgan fingerprint density at radius 1 is 1.17 bits per heavy atom. The molecule has 0 saturated carbocycles. The van der Waals surface area contributed by atoms with Crippen molar-refractivity contribution < 1.29 is 12.9 Å². The SMILES string of the molecule is CCNC(=NCCc1ccc(S(C)(=O)=O)cc1)N1CCN(Cc2ccon2)CC1.I. The predicted octanol–water partition coefficient (Wildman–Crippen LogP) is 2.02. The fraction of sp³-hybridized carbons (Fsp3) is 0.500. The molecular formula is C20H30IN5O3S. The molecule has 8 nitrogen and oxygen atoms in total. The quantitative estimate of drug-likeness (QED) is 0.322. The zero-order valence-corrected chi connectivity index (χ0v) is 20.6. The lowest BCUT2D eigenvalue weighted by atomic mass is 10.1. The molecule has 1 aromatic carbocycles. The van der Waals surface area contributed by atoms with E-state index in [4.69, 9.17) is 9.52 Å². The molecule has 1 fully saturated rings. The third kappa shape index (κ3) is 7.24. The summed E-state index contributed by atoms with van der Waals surface area (Å²) in [6, 6.07) is 8.95. The van der Waals surface area contributed by atoms with E-state index in [1.54, 1.807) is 18.4 Å². The Bertz CT molecular complexity index is 893. The van der Waals surface area contributed by atoms with E-state index in [0.717, 1.165) is 62.9 Å². The van der Waals surface area contributed by atoms with Gasteiger partial charge in [-0.05, 0) is 31.0 Å². The van der Waals surface area contributed by atoms with Crippen molar-refractivity contribution in [2.24, 2.45) is 4.99 Å². The summed E-state index contributed by atoms with van der Waals surface area (Å²) in [6.45, 7) is 8.07. The topological polar surface area (TPSA) is 91.0 Å². The molecule has 0 aliphatic carbocycles. The Labute approximate surface area is 195 Å². The summed E-state index contributed by atoms with van der Waals surface area (Å²) >= 11 is 0. The van der Waals surface area contributed by atoms with E-state index in [9.17, 15) is 8.42 Å². The van der Waals surface area contributed by atoms with E-state index in [1.165, 1.54) is 6.26 Å². The third-order valence-electron chi connectivity index (χ3n) is 4.90. The second kappa shape index (κ2) is 11.7. The van der Waals surface area contributed by atoms with Crippen molar-refractivity contribution in [3.8, 4) is 0 Å². The van der Waals surface area contributed by atoms with Gasteiger partial charge in [-0.15, -0.1) is 24.0 Å². The van der Waals surface area contributed by atoms with Crippen LogP contribution in [0.1, 0.15) is 18.2 Å².